The van der Waals surface area contributed by atoms with Crippen LogP contribution in [-0.2, 0) is 16.0 Å². The van der Waals surface area contributed by atoms with Gasteiger partial charge in [0.1, 0.15) is 11.4 Å². The van der Waals surface area contributed by atoms with Crippen molar-refractivity contribution in [3.63, 3.8) is 0 Å². The number of carbonyl (C=O) groups is 1. The Hall–Kier alpha value is -2.83. The van der Waals surface area contributed by atoms with Gasteiger partial charge in [0.15, 0.2) is 11.6 Å². The lowest BCUT2D eigenvalue weighted by Crippen LogP contribution is -2.35. The summed E-state index contributed by atoms with van der Waals surface area (Å²) in [6, 6.07) is 13.3. The lowest BCUT2D eigenvalue weighted by molar-refractivity contribution is -0.139. The molecule has 1 N–H and O–H groups in total. The number of aryl methyl sites for hydroxylation is 1. The minimum absolute atomic E-state index is 0.0311. The summed E-state index contributed by atoms with van der Waals surface area (Å²) < 4.78 is 5.56. The molecule has 33 heavy (non-hydrogen) atoms. The molecule has 1 aromatic heterocycles. The van der Waals surface area contributed by atoms with Crippen LogP contribution in [0, 0.1) is 0 Å². The van der Waals surface area contributed by atoms with Crippen molar-refractivity contribution in [2.24, 2.45) is 0 Å². The van der Waals surface area contributed by atoms with E-state index in [-0.39, 0.29) is 5.78 Å². The highest BCUT2D eigenvalue weighted by Crippen LogP contribution is 2.28. The van der Waals surface area contributed by atoms with E-state index in [1.54, 1.807) is 19.9 Å². The minimum Gasteiger partial charge on any atom is -0.368 e. The molecule has 3 aromatic rings. The van der Waals surface area contributed by atoms with Crippen molar-refractivity contribution in [3.8, 4) is 22.8 Å². The van der Waals surface area contributed by atoms with Gasteiger partial charge >= 0.3 is 5.69 Å². The van der Waals surface area contributed by atoms with Crippen molar-refractivity contribution in [2.75, 3.05) is 6.61 Å². The molecule has 174 valence electrons. The van der Waals surface area contributed by atoms with E-state index in [9.17, 15) is 9.59 Å². The first-order valence-electron chi connectivity index (χ1n) is 11.2. The number of rotatable bonds is 9. The summed E-state index contributed by atoms with van der Waals surface area (Å²) in [5.74, 6) is 1.05. The number of ketones is 1. The molecule has 7 heteroatoms. The zero-order valence-corrected chi connectivity index (χ0v) is 20.5. The van der Waals surface area contributed by atoms with Crippen molar-refractivity contribution in [1.29, 1.82) is 0 Å². The lowest BCUT2D eigenvalue weighted by atomic mass is 9.96. The van der Waals surface area contributed by atoms with Crippen molar-refractivity contribution in [3.05, 3.63) is 69.1 Å². The number of hydrogen-bond acceptors (Lipinski definition) is 5. The topological polar surface area (TPSA) is 84.9 Å². The van der Waals surface area contributed by atoms with Gasteiger partial charge < -0.3 is 4.74 Å². The maximum atomic E-state index is 12.6. The van der Waals surface area contributed by atoms with E-state index in [2.05, 4.69) is 28.8 Å². The molecule has 0 saturated heterocycles. The second kappa shape index (κ2) is 10.4. The summed E-state index contributed by atoms with van der Waals surface area (Å²) in [6.45, 7) is 10.1. The Morgan fingerprint density at radius 1 is 1.15 bits per heavy atom. The molecule has 0 bridgehead atoms. The van der Waals surface area contributed by atoms with Crippen LogP contribution in [0.15, 0.2) is 47.3 Å². The fourth-order valence-electron chi connectivity index (χ4n) is 3.59. The van der Waals surface area contributed by atoms with Gasteiger partial charge in [-0.3, -0.25) is 9.78 Å². The first-order valence-corrected chi connectivity index (χ1v) is 11.5. The highest BCUT2D eigenvalue weighted by molar-refractivity contribution is 6.33. The number of Topliss-reactive ketones (excluding diaryl/α,β-unsaturated/α-hetero) is 1. The quantitative estimate of drug-likeness (QED) is 0.443. The molecule has 3 rings (SSSR count). The van der Waals surface area contributed by atoms with E-state index >= 15 is 0 Å². The molecule has 1 heterocycles. The monoisotopic (exact) mass is 467 g/mol. The smallest absolute Gasteiger partial charge is 0.348 e. The molecule has 0 amide bonds. The summed E-state index contributed by atoms with van der Waals surface area (Å²) >= 11 is 6.46. The Labute approximate surface area is 199 Å². The molecule has 0 spiro atoms. The molecular formula is C26H30ClN3O3. The minimum atomic E-state index is -0.818. The predicted molar refractivity (Wildman–Crippen MR) is 132 cm³/mol. The summed E-state index contributed by atoms with van der Waals surface area (Å²) in [4.78, 5) is 36.3. The van der Waals surface area contributed by atoms with Crippen LogP contribution in [0.1, 0.15) is 58.1 Å². The zero-order valence-electron chi connectivity index (χ0n) is 19.7. The second-order valence-corrected chi connectivity index (χ2v) is 9.19. The van der Waals surface area contributed by atoms with E-state index in [0.717, 1.165) is 16.7 Å². The Morgan fingerprint density at radius 2 is 1.91 bits per heavy atom. The summed E-state index contributed by atoms with van der Waals surface area (Å²) in [5.41, 5.74) is 2.09. The highest BCUT2D eigenvalue weighted by atomic mass is 35.5. The van der Waals surface area contributed by atoms with E-state index < -0.39 is 11.3 Å². The van der Waals surface area contributed by atoms with E-state index in [1.165, 1.54) is 0 Å². The van der Waals surface area contributed by atoms with Gasteiger partial charge in [-0.05, 0) is 62.4 Å². The molecule has 0 aliphatic heterocycles. The van der Waals surface area contributed by atoms with E-state index in [0.29, 0.717) is 47.6 Å². The maximum Gasteiger partial charge on any atom is 0.348 e. The summed E-state index contributed by atoms with van der Waals surface area (Å²) in [7, 11) is 0. The molecule has 6 nitrogen and oxygen atoms in total. The van der Waals surface area contributed by atoms with Crippen LogP contribution in [0.2, 0.25) is 5.02 Å². The number of aromatic amines is 1. The average Bonchev–Trinajstić information content (AvgIpc) is 2.77. The normalized spacial score (nSPS) is 11.7. The van der Waals surface area contributed by atoms with Crippen LogP contribution < -0.4 is 5.69 Å². The first kappa shape index (κ1) is 24.8. The number of benzene rings is 2. The lowest BCUT2D eigenvalue weighted by Gasteiger charge is -2.23. The van der Waals surface area contributed by atoms with E-state index in [4.69, 9.17) is 16.3 Å². The largest absolute Gasteiger partial charge is 0.368 e. The van der Waals surface area contributed by atoms with Crippen molar-refractivity contribution in [2.45, 2.75) is 59.0 Å². The van der Waals surface area contributed by atoms with Gasteiger partial charge in [-0.2, -0.15) is 4.98 Å². The molecule has 0 atom stereocenters. The van der Waals surface area contributed by atoms with Gasteiger partial charge in [0, 0.05) is 24.2 Å². The number of halogens is 1. The highest BCUT2D eigenvalue weighted by Gasteiger charge is 2.27. The maximum absolute atomic E-state index is 12.6. The number of H-pyrrole nitrogens is 1. The predicted octanol–water partition coefficient (Wildman–Crippen LogP) is 5.59. The summed E-state index contributed by atoms with van der Waals surface area (Å²) in [6.07, 6.45) is 0.861. The van der Waals surface area contributed by atoms with Crippen LogP contribution >= 0.6 is 11.6 Å². The van der Waals surface area contributed by atoms with Crippen LogP contribution in [0.4, 0.5) is 0 Å². The third-order valence-electron chi connectivity index (χ3n) is 5.57. The number of aromatic nitrogens is 3. The van der Waals surface area contributed by atoms with Gasteiger partial charge in [-0.15, -0.1) is 0 Å². The van der Waals surface area contributed by atoms with Crippen LogP contribution in [-0.4, -0.2) is 32.9 Å². The number of carbonyl (C=O) groups excluding carboxylic acids is 1. The molecule has 0 aliphatic carbocycles. The fourth-order valence-corrected chi connectivity index (χ4v) is 3.79. The van der Waals surface area contributed by atoms with Gasteiger partial charge in [-0.1, -0.05) is 49.7 Å². The second-order valence-electron chi connectivity index (χ2n) is 8.79. The molecule has 0 aliphatic rings. The number of nitrogens with one attached hydrogen (secondary N) is 1. The Balaban J connectivity index is 1.92. The molecule has 0 fully saturated rings. The zero-order chi connectivity index (χ0) is 24.2. The standard InChI is InChI=1S/C26H30ClN3O3/c1-6-33-26(4,5)22(31)13-11-17-10-12-21(27)20(14-17)24-28-23(29-25(32)30-24)19-9-7-8-18(15-19)16(2)3/h7-10,12,14-16H,6,11,13H2,1-5H3,(H,28,29,30,32). The Bertz CT molecular complexity index is 1200. The van der Waals surface area contributed by atoms with Crippen LogP contribution in [0.25, 0.3) is 22.8 Å². The molecule has 0 saturated carbocycles. The van der Waals surface area contributed by atoms with Crippen LogP contribution in [0.3, 0.4) is 0 Å². The van der Waals surface area contributed by atoms with Crippen molar-refractivity contribution in [1.82, 2.24) is 15.0 Å². The van der Waals surface area contributed by atoms with Gasteiger partial charge in [-0.25, -0.2) is 9.78 Å². The van der Waals surface area contributed by atoms with Gasteiger partial charge in [0.2, 0.25) is 0 Å². The SMILES string of the molecule is CCOC(C)(C)C(=O)CCc1ccc(Cl)c(-c2nc(-c3cccc(C(C)C)c3)nc(=O)[nH]2)c1. The average molecular weight is 468 g/mol. The third kappa shape index (κ3) is 6.15. The molecule has 2 aromatic carbocycles. The Kier molecular flexibility index (Phi) is 7.82. The van der Waals surface area contributed by atoms with Gasteiger partial charge in [0.05, 0.1) is 5.02 Å². The number of hydrogen-bond donors (Lipinski definition) is 1. The van der Waals surface area contributed by atoms with Crippen molar-refractivity contribution < 1.29 is 9.53 Å². The molecule has 0 radical (unpaired) electrons. The first-order chi connectivity index (χ1) is 15.6. The van der Waals surface area contributed by atoms with Gasteiger partial charge in [0.25, 0.3) is 0 Å². The molecular weight excluding hydrogens is 438 g/mol. The third-order valence-corrected chi connectivity index (χ3v) is 5.89. The van der Waals surface area contributed by atoms with Crippen molar-refractivity contribution >= 4 is 17.4 Å². The van der Waals surface area contributed by atoms with Crippen LogP contribution in [0.5, 0.6) is 0 Å². The Morgan fingerprint density at radius 3 is 2.61 bits per heavy atom. The fraction of sp³-hybridized carbons (Fsp3) is 0.385. The number of nitrogens with zero attached hydrogens (tertiary/aromatic N) is 2. The molecule has 0 unspecified atom stereocenters. The number of ether oxygens (including phenoxy) is 1. The van der Waals surface area contributed by atoms with E-state index in [1.807, 2.05) is 43.3 Å². The summed E-state index contributed by atoms with van der Waals surface area (Å²) in [5, 5.41) is 0.455.